The Bertz CT molecular complexity index is 27.7. The van der Waals surface area contributed by atoms with E-state index in [0.717, 1.165) is 0 Å². The molecular formula is C3H6Cl4O. The zero-order chi connectivity index (χ0) is 6.99. The van der Waals surface area contributed by atoms with E-state index in [2.05, 4.69) is 0 Å². The lowest BCUT2D eigenvalue weighted by atomic mass is 10.9. The van der Waals surface area contributed by atoms with Crippen LogP contribution >= 0.6 is 46.4 Å². The van der Waals surface area contributed by atoms with Crippen molar-refractivity contribution in [2.24, 2.45) is 0 Å². The Morgan fingerprint density at radius 1 is 1.25 bits per heavy atom. The molecule has 0 aliphatic heterocycles. The second-order valence-electron chi connectivity index (χ2n) is 0.660. The number of hydrogen-bond acceptors (Lipinski definition) is 1. The molecule has 0 saturated carbocycles. The molecule has 0 rings (SSSR count). The fourth-order valence-electron chi connectivity index (χ4n) is 0. The molecule has 0 spiro atoms. The zero-order valence-electron chi connectivity index (χ0n) is 3.95. The van der Waals surface area contributed by atoms with Gasteiger partial charge in [0.05, 0.1) is 6.61 Å². The highest BCUT2D eigenvalue weighted by atomic mass is 35.6. The highest BCUT2D eigenvalue weighted by Crippen LogP contribution is 2.03. The molecule has 0 radical (unpaired) electrons. The molecule has 0 atom stereocenters. The molecular weight excluding hydrogens is 194 g/mol. The third-order valence-corrected chi connectivity index (χ3v) is 0.254. The summed E-state index contributed by atoms with van der Waals surface area (Å²) in [6, 6.07) is 0. The molecule has 0 aliphatic rings. The van der Waals surface area contributed by atoms with Crippen LogP contribution in [0, 0.1) is 0 Å². The summed E-state index contributed by atoms with van der Waals surface area (Å²) in [5, 5.41) is 7.74. The Hall–Kier alpha value is 1.12. The van der Waals surface area contributed by atoms with Gasteiger partial charge in [-0.2, -0.15) is 0 Å². The Kier molecular flexibility index (Phi) is 16.3. The molecule has 0 saturated heterocycles. The first-order chi connectivity index (χ1) is 3.65. The molecule has 0 aliphatic carbocycles. The molecule has 0 aromatic carbocycles. The summed E-state index contributed by atoms with van der Waals surface area (Å²) in [4.78, 5) is 0. The Balaban J connectivity index is 0. The first-order valence-electron chi connectivity index (χ1n) is 1.74. The maximum absolute atomic E-state index is 7.74. The van der Waals surface area contributed by atoms with Crippen molar-refractivity contribution >= 4 is 46.4 Å². The van der Waals surface area contributed by atoms with Crippen molar-refractivity contribution in [1.82, 2.24) is 0 Å². The first-order valence-corrected chi connectivity index (χ1v) is 3.58. The van der Waals surface area contributed by atoms with E-state index in [1.54, 1.807) is 0 Å². The average Bonchev–Trinajstić information content (AvgIpc) is 1.65. The smallest absolute Gasteiger partial charge is 0.180 e. The van der Waals surface area contributed by atoms with Crippen LogP contribution in [0.25, 0.3) is 0 Å². The standard InChI is InChI=1S/C2H5ClO.CHCl3/c3-1-2-4;2-1(3)4/h4H,1-2H2;1H. The van der Waals surface area contributed by atoms with Gasteiger partial charge in [-0.3, -0.25) is 0 Å². The van der Waals surface area contributed by atoms with Crippen LogP contribution < -0.4 is 0 Å². The Morgan fingerprint density at radius 3 is 1.38 bits per heavy atom. The van der Waals surface area contributed by atoms with Gasteiger partial charge < -0.3 is 5.11 Å². The SMILES string of the molecule is ClC(Cl)Cl.OCCCl. The molecule has 0 bridgehead atoms. The monoisotopic (exact) mass is 198 g/mol. The van der Waals surface area contributed by atoms with E-state index in [4.69, 9.17) is 51.5 Å². The quantitative estimate of drug-likeness (QED) is 0.643. The van der Waals surface area contributed by atoms with Crippen molar-refractivity contribution in [2.75, 3.05) is 12.5 Å². The molecule has 0 heterocycles. The van der Waals surface area contributed by atoms with E-state index in [1.165, 1.54) is 0 Å². The van der Waals surface area contributed by atoms with Crippen LogP contribution in [0.5, 0.6) is 0 Å². The van der Waals surface area contributed by atoms with Crippen LogP contribution in [0.4, 0.5) is 0 Å². The topological polar surface area (TPSA) is 20.2 Å². The van der Waals surface area contributed by atoms with Crippen LogP contribution in [0.1, 0.15) is 0 Å². The summed E-state index contributed by atoms with van der Waals surface area (Å²) < 4.78 is -0.750. The van der Waals surface area contributed by atoms with Crippen molar-refractivity contribution in [3.8, 4) is 0 Å². The summed E-state index contributed by atoms with van der Waals surface area (Å²) in [6.45, 7) is 0.0849. The van der Waals surface area contributed by atoms with Crippen molar-refractivity contribution in [1.29, 1.82) is 0 Å². The summed E-state index contributed by atoms with van der Waals surface area (Å²) in [5.41, 5.74) is 0. The van der Waals surface area contributed by atoms with Crippen LogP contribution in [0.3, 0.4) is 0 Å². The van der Waals surface area contributed by atoms with E-state index in [1.807, 2.05) is 0 Å². The van der Waals surface area contributed by atoms with E-state index >= 15 is 0 Å². The van der Waals surface area contributed by atoms with Crippen LogP contribution in [0.2, 0.25) is 0 Å². The lowest BCUT2D eigenvalue weighted by Gasteiger charge is -1.69. The van der Waals surface area contributed by atoms with E-state index < -0.39 is 4.30 Å². The molecule has 52 valence electrons. The number of rotatable bonds is 1. The summed E-state index contributed by atoms with van der Waals surface area (Å²) in [6.07, 6.45) is 0. The van der Waals surface area contributed by atoms with Gasteiger partial charge in [-0.15, -0.1) is 11.6 Å². The molecule has 1 nitrogen and oxygen atoms in total. The first kappa shape index (κ1) is 11.9. The zero-order valence-corrected chi connectivity index (χ0v) is 6.97. The number of halogens is 4. The molecule has 0 fully saturated rings. The number of aliphatic hydroxyl groups excluding tert-OH is 1. The number of hydrogen-bond donors (Lipinski definition) is 1. The summed E-state index contributed by atoms with van der Waals surface area (Å²) in [5.74, 6) is 0.347. The molecule has 0 aromatic rings. The van der Waals surface area contributed by atoms with Gasteiger partial charge in [-0.05, 0) is 0 Å². The lowest BCUT2D eigenvalue weighted by molar-refractivity contribution is 0.321. The van der Waals surface area contributed by atoms with Gasteiger partial charge in [-0.25, -0.2) is 0 Å². The van der Waals surface area contributed by atoms with Crippen LogP contribution in [-0.2, 0) is 0 Å². The second-order valence-corrected chi connectivity index (χ2v) is 3.02. The second kappa shape index (κ2) is 11.0. The van der Waals surface area contributed by atoms with Gasteiger partial charge in [-0.1, -0.05) is 34.8 Å². The third kappa shape index (κ3) is 59.3. The van der Waals surface area contributed by atoms with Crippen LogP contribution in [-0.4, -0.2) is 21.9 Å². The predicted octanol–water partition coefficient (Wildman–Crippen LogP) is 2.20. The van der Waals surface area contributed by atoms with Gasteiger partial charge in [0.25, 0.3) is 0 Å². The van der Waals surface area contributed by atoms with E-state index in [-0.39, 0.29) is 6.61 Å². The largest absolute Gasteiger partial charge is 0.395 e. The van der Waals surface area contributed by atoms with E-state index in [0.29, 0.717) is 5.88 Å². The van der Waals surface area contributed by atoms with Gasteiger partial charge >= 0.3 is 0 Å². The van der Waals surface area contributed by atoms with Crippen molar-refractivity contribution in [3.63, 3.8) is 0 Å². The molecule has 5 heteroatoms. The molecule has 0 amide bonds. The average molecular weight is 200 g/mol. The fraction of sp³-hybridized carbons (Fsp3) is 1.00. The molecule has 0 unspecified atom stereocenters. The normalized spacial score (nSPS) is 8.25. The van der Waals surface area contributed by atoms with Crippen molar-refractivity contribution < 1.29 is 5.11 Å². The minimum Gasteiger partial charge on any atom is -0.395 e. The summed E-state index contributed by atoms with van der Waals surface area (Å²) >= 11 is 19.4. The van der Waals surface area contributed by atoms with Gasteiger partial charge in [0.15, 0.2) is 4.30 Å². The maximum Gasteiger partial charge on any atom is 0.180 e. The third-order valence-electron chi connectivity index (χ3n) is 0.0845. The molecule has 0 aromatic heterocycles. The number of aliphatic hydroxyl groups is 1. The predicted molar refractivity (Wildman–Crippen MR) is 39.2 cm³/mol. The highest BCUT2D eigenvalue weighted by Gasteiger charge is 1.78. The minimum absolute atomic E-state index is 0.0849. The van der Waals surface area contributed by atoms with E-state index in [9.17, 15) is 0 Å². The minimum atomic E-state index is -0.750. The van der Waals surface area contributed by atoms with Gasteiger partial charge in [0, 0.05) is 5.88 Å². The molecule has 1 N–H and O–H groups in total. The number of alkyl halides is 4. The van der Waals surface area contributed by atoms with Gasteiger partial charge in [0.2, 0.25) is 0 Å². The van der Waals surface area contributed by atoms with Gasteiger partial charge in [0.1, 0.15) is 0 Å². The summed E-state index contributed by atoms with van der Waals surface area (Å²) in [7, 11) is 0. The molecule has 8 heavy (non-hydrogen) atoms. The fourth-order valence-corrected chi connectivity index (χ4v) is 0. The highest BCUT2D eigenvalue weighted by molar-refractivity contribution is 6.63. The van der Waals surface area contributed by atoms with Crippen molar-refractivity contribution in [3.05, 3.63) is 0 Å². The van der Waals surface area contributed by atoms with Crippen LogP contribution in [0.15, 0.2) is 0 Å². The Labute approximate surface area is 68.5 Å². The lowest BCUT2D eigenvalue weighted by Crippen LogP contribution is -1.76. The Morgan fingerprint density at radius 2 is 1.38 bits per heavy atom. The maximum atomic E-state index is 7.74. The van der Waals surface area contributed by atoms with Crippen molar-refractivity contribution in [2.45, 2.75) is 4.30 Å².